The third-order valence-electron chi connectivity index (χ3n) is 4.76. The Bertz CT molecular complexity index is 708. The van der Waals surface area contributed by atoms with Gasteiger partial charge in [0.15, 0.2) is 0 Å². The zero-order valence-electron chi connectivity index (χ0n) is 14.8. The van der Waals surface area contributed by atoms with Gasteiger partial charge in [-0.1, -0.05) is 6.07 Å². The molecule has 0 N–H and O–H groups in total. The zero-order valence-corrected chi connectivity index (χ0v) is 15.6. The minimum atomic E-state index is -3.17. The smallest absolute Gasteiger partial charge is 0.227 e. The summed E-state index contributed by atoms with van der Waals surface area (Å²) in [6.07, 6.45) is 0.331. The van der Waals surface area contributed by atoms with Crippen molar-refractivity contribution in [1.82, 2.24) is 9.21 Å². The Hall–Kier alpha value is -1.60. The number of methoxy groups -OCH3 is 1. The van der Waals surface area contributed by atoms with E-state index in [2.05, 4.69) is 0 Å². The number of hydrogen-bond donors (Lipinski definition) is 0. The molecule has 0 saturated carbocycles. The Labute approximate surface area is 144 Å². The number of hydrogen-bond acceptors (Lipinski definition) is 4. The van der Waals surface area contributed by atoms with Crippen LogP contribution in [-0.2, 0) is 21.2 Å². The molecule has 6 nitrogen and oxygen atoms in total. The lowest BCUT2D eigenvalue weighted by Gasteiger charge is -2.34. The van der Waals surface area contributed by atoms with Gasteiger partial charge in [-0.15, -0.1) is 0 Å². The molecule has 0 aliphatic carbocycles. The zero-order chi connectivity index (χ0) is 17.9. The predicted octanol–water partition coefficient (Wildman–Crippen LogP) is 1.35. The standard InChI is InChI=1S/C17H26N2O4S/c1-5-24(21,22)19-10-8-18(9-11-19)17(20)12-15-6-7-16(23-4)14(3)13(15)2/h6-7H,5,8-12H2,1-4H3. The molecule has 0 atom stereocenters. The van der Waals surface area contributed by atoms with Gasteiger partial charge in [-0.2, -0.15) is 4.31 Å². The molecule has 7 heteroatoms. The van der Waals surface area contributed by atoms with Crippen LogP contribution in [0.4, 0.5) is 0 Å². The van der Waals surface area contributed by atoms with Gasteiger partial charge < -0.3 is 9.64 Å². The molecule has 2 rings (SSSR count). The first-order valence-corrected chi connectivity index (χ1v) is 9.79. The van der Waals surface area contributed by atoms with Crippen LogP contribution in [0.15, 0.2) is 12.1 Å². The predicted molar refractivity (Wildman–Crippen MR) is 93.8 cm³/mol. The molecule has 0 unspecified atom stereocenters. The third-order valence-corrected chi connectivity index (χ3v) is 6.64. The first-order valence-electron chi connectivity index (χ1n) is 8.18. The fourth-order valence-electron chi connectivity index (χ4n) is 2.94. The van der Waals surface area contributed by atoms with Gasteiger partial charge in [-0.25, -0.2) is 8.42 Å². The lowest BCUT2D eigenvalue weighted by molar-refractivity contribution is -0.131. The maximum atomic E-state index is 12.5. The molecular formula is C17H26N2O4S. The number of benzene rings is 1. The molecule has 1 saturated heterocycles. The van der Waals surface area contributed by atoms with Crippen molar-refractivity contribution in [2.75, 3.05) is 39.0 Å². The number of nitrogens with zero attached hydrogens (tertiary/aromatic N) is 2. The van der Waals surface area contributed by atoms with Crippen molar-refractivity contribution >= 4 is 15.9 Å². The summed E-state index contributed by atoms with van der Waals surface area (Å²) in [6, 6.07) is 3.81. The van der Waals surface area contributed by atoms with Crippen molar-refractivity contribution in [1.29, 1.82) is 0 Å². The van der Waals surface area contributed by atoms with Gasteiger partial charge in [0.1, 0.15) is 5.75 Å². The summed E-state index contributed by atoms with van der Waals surface area (Å²) in [7, 11) is -1.53. The van der Waals surface area contributed by atoms with Gasteiger partial charge >= 0.3 is 0 Å². The number of ether oxygens (including phenoxy) is 1. The SMILES string of the molecule is CCS(=O)(=O)N1CCN(C(=O)Cc2ccc(OC)c(C)c2C)CC1. The fourth-order valence-corrected chi connectivity index (χ4v) is 4.02. The summed E-state index contributed by atoms with van der Waals surface area (Å²) >= 11 is 0. The van der Waals surface area contributed by atoms with Crippen molar-refractivity contribution in [2.24, 2.45) is 0 Å². The van der Waals surface area contributed by atoms with E-state index in [0.29, 0.717) is 32.6 Å². The van der Waals surface area contributed by atoms with Crippen LogP contribution in [0, 0.1) is 13.8 Å². The minimum absolute atomic E-state index is 0.0382. The summed E-state index contributed by atoms with van der Waals surface area (Å²) in [6.45, 7) is 7.27. The normalized spacial score (nSPS) is 16.2. The molecular weight excluding hydrogens is 328 g/mol. The van der Waals surface area contributed by atoms with Crippen LogP contribution < -0.4 is 4.74 Å². The Balaban J connectivity index is 2.01. The number of piperazine rings is 1. The first-order chi connectivity index (χ1) is 11.3. The number of rotatable bonds is 5. The molecule has 1 aromatic rings. The second kappa shape index (κ2) is 7.53. The van der Waals surface area contributed by atoms with Crippen LogP contribution in [0.2, 0.25) is 0 Å². The molecule has 24 heavy (non-hydrogen) atoms. The van der Waals surface area contributed by atoms with Crippen LogP contribution in [0.25, 0.3) is 0 Å². The average molecular weight is 354 g/mol. The van der Waals surface area contributed by atoms with Crippen molar-refractivity contribution in [3.05, 3.63) is 28.8 Å². The second-order valence-corrected chi connectivity index (χ2v) is 8.29. The maximum Gasteiger partial charge on any atom is 0.227 e. The Morgan fingerprint density at radius 3 is 2.29 bits per heavy atom. The largest absolute Gasteiger partial charge is 0.496 e. The highest BCUT2D eigenvalue weighted by Gasteiger charge is 2.27. The Kier molecular flexibility index (Phi) is 5.87. The number of carbonyl (C=O) groups excluding carboxylic acids is 1. The molecule has 1 fully saturated rings. The van der Waals surface area contributed by atoms with E-state index in [1.807, 2.05) is 26.0 Å². The quantitative estimate of drug-likeness (QED) is 0.800. The van der Waals surface area contributed by atoms with Crippen molar-refractivity contribution < 1.29 is 17.9 Å². The second-order valence-electron chi connectivity index (χ2n) is 6.03. The highest BCUT2D eigenvalue weighted by molar-refractivity contribution is 7.89. The van der Waals surface area contributed by atoms with Gasteiger partial charge in [0.2, 0.25) is 15.9 Å². The van der Waals surface area contributed by atoms with E-state index in [-0.39, 0.29) is 11.7 Å². The molecule has 0 aromatic heterocycles. The maximum absolute atomic E-state index is 12.5. The van der Waals surface area contributed by atoms with E-state index in [0.717, 1.165) is 22.4 Å². The molecule has 1 aliphatic heterocycles. The monoisotopic (exact) mass is 354 g/mol. The highest BCUT2D eigenvalue weighted by Crippen LogP contribution is 2.24. The number of carbonyl (C=O) groups is 1. The lowest BCUT2D eigenvalue weighted by Crippen LogP contribution is -2.51. The molecule has 134 valence electrons. The van der Waals surface area contributed by atoms with Gasteiger partial charge in [-0.05, 0) is 43.5 Å². The Morgan fingerprint density at radius 1 is 1.12 bits per heavy atom. The van der Waals surface area contributed by atoms with Gasteiger partial charge in [0.05, 0.1) is 19.3 Å². The van der Waals surface area contributed by atoms with E-state index in [9.17, 15) is 13.2 Å². The summed E-state index contributed by atoms with van der Waals surface area (Å²) < 4.78 is 30.5. The van der Waals surface area contributed by atoms with Crippen LogP contribution in [0.1, 0.15) is 23.6 Å². The summed E-state index contributed by atoms with van der Waals surface area (Å²) in [4.78, 5) is 14.3. The van der Waals surface area contributed by atoms with E-state index in [4.69, 9.17) is 4.74 Å². The van der Waals surface area contributed by atoms with Crippen LogP contribution in [0.5, 0.6) is 5.75 Å². The highest BCUT2D eigenvalue weighted by atomic mass is 32.2. The van der Waals surface area contributed by atoms with Gasteiger partial charge in [-0.3, -0.25) is 4.79 Å². The van der Waals surface area contributed by atoms with E-state index in [1.165, 1.54) is 4.31 Å². The summed E-state index contributed by atoms with van der Waals surface area (Å²) in [5, 5.41) is 0. The first kappa shape index (κ1) is 18.7. The van der Waals surface area contributed by atoms with Gasteiger partial charge in [0, 0.05) is 26.2 Å². The van der Waals surface area contributed by atoms with Crippen molar-refractivity contribution in [2.45, 2.75) is 27.2 Å². The van der Waals surface area contributed by atoms with E-state index < -0.39 is 10.0 Å². The molecule has 0 spiro atoms. The van der Waals surface area contributed by atoms with Crippen LogP contribution >= 0.6 is 0 Å². The number of sulfonamides is 1. The molecule has 0 bridgehead atoms. The topological polar surface area (TPSA) is 66.9 Å². The van der Waals surface area contributed by atoms with Crippen molar-refractivity contribution in [3.63, 3.8) is 0 Å². The van der Waals surface area contributed by atoms with Crippen LogP contribution in [0.3, 0.4) is 0 Å². The summed E-state index contributed by atoms with van der Waals surface area (Å²) in [5.41, 5.74) is 3.10. The van der Waals surface area contributed by atoms with Crippen molar-refractivity contribution in [3.8, 4) is 5.75 Å². The average Bonchev–Trinajstić information content (AvgIpc) is 2.59. The minimum Gasteiger partial charge on any atom is -0.496 e. The van der Waals surface area contributed by atoms with E-state index in [1.54, 1.807) is 18.9 Å². The van der Waals surface area contributed by atoms with Gasteiger partial charge in [0.25, 0.3) is 0 Å². The molecule has 1 heterocycles. The fraction of sp³-hybridized carbons (Fsp3) is 0.588. The molecule has 0 radical (unpaired) electrons. The molecule has 1 aromatic carbocycles. The van der Waals surface area contributed by atoms with E-state index >= 15 is 0 Å². The molecule has 1 amide bonds. The third kappa shape index (κ3) is 3.89. The Morgan fingerprint density at radius 2 is 1.75 bits per heavy atom. The lowest BCUT2D eigenvalue weighted by atomic mass is 9.99. The number of amides is 1. The summed E-state index contributed by atoms with van der Waals surface area (Å²) in [5.74, 6) is 0.962. The van der Waals surface area contributed by atoms with Crippen LogP contribution in [-0.4, -0.2) is 62.6 Å². The molecule has 1 aliphatic rings.